The van der Waals surface area contributed by atoms with Crippen molar-refractivity contribution in [2.75, 3.05) is 11.9 Å². The molecule has 1 aliphatic rings. The number of pyridine rings is 1. The number of aromatic carboxylic acids is 1. The van der Waals surface area contributed by atoms with E-state index in [2.05, 4.69) is 5.32 Å². The van der Waals surface area contributed by atoms with E-state index in [1.807, 2.05) is 0 Å². The average Bonchev–Trinajstić information content (AvgIpc) is 3.60. The fourth-order valence-corrected chi connectivity index (χ4v) is 4.37. The van der Waals surface area contributed by atoms with Crippen LogP contribution in [0, 0.1) is 5.82 Å². The number of halogens is 1. The molecule has 1 aromatic carbocycles. The van der Waals surface area contributed by atoms with Gasteiger partial charge in [-0.05, 0) is 52.5 Å². The standard InChI is InChI=1S/C25H33FN2O7/c1-5-18-20(24(33)34)23(32)15-10-17(26)21(16(12-30)22(15)28(18)14-7-8-14)27-13(11-29)6-9-19(31)35-25(2,3)4/h10,13-14,27,29-30H,5-9,11-12H2,1-4H3,(H,33,34)/t13-/m0/s1. The van der Waals surface area contributed by atoms with Crippen molar-refractivity contribution >= 4 is 28.5 Å². The minimum absolute atomic E-state index is 0.0199. The first-order valence-corrected chi connectivity index (χ1v) is 11.8. The summed E-state index contributed by atoms with van der Waals surface area (Å²) in [5.41, 5.74) is -1.23. The van der Waals surface area contributed by atoms with Crippen molar-refractivity contribution in [1.82, 2.24) is 4.57 Å². The molecule has 0 aliphatic heterocycles. The molecule has 2 aromatic rings. The second kappa shape index (κ2) is 10.3. The van der Waals surface area contributed by atoms with Gasteiger partial charge in [0.1, 0.15) is 17.0 Å². The van der Waals surface area contributed by atoms with E-state index in [0.29, 0.717) is 5.69 Å². The van der Waals surface area contributed by atoms with Crippen LogP contribution in [0.1, 0.15) is 81.0 Å². The predicted octanol–water partition coefficient (Wildman–Crippen LogP) is 3.12. The maximum atomic E-state index is 15.3. The van der Waals surface area contributed by atoms with Crippen LogP contribution in [0.2, 0.25) is 0 Å². The number of carboxylic acid groups (broad SMARTS) is 1. The van der Waals surface area contributed by atoms with E-state index < -0.39 is 48.0 Å². The number of hydrogen-bond acceptors (Lipinski definition) is 7. The Kier molecular flexibility index (Phi) is 7.86. The number of aromatic nitrogens is 1. The molecule has 0 radical (unpaired) electrons. The van der Waals surface area contributed by atoms with Gasteiger partial charge in [0.2, 0.25) is 5.43 Å². The molecule has 192 valence electrons. The van der Waals surface area contributed by atoms with E-state index in [4.69, 9.17) is 4.74 Å². The number of hydrogen-bond donors (Lipinski definition) is 4. The van der Waals surface area contributed by atoms with Gasteiger partial charge in [0.15, 0.2) is 0 Å². The van der Waals surface area contributed by atoms with Gasteiger partial charge in [-0.15, -0.1) is 0 Å². The molecule has 0 amide bonds. The van der Waals surface area contributed by atoms with Gasteiger partial charge in [-0.1, -0.05) is 6.92 Å². The maximum Gasteiger partial charge on any atom is 0.341 e. The van der Waals surface area contributed by atoms with Gasteiger partial charge in [0.25, 0.3) is 0 Å². The number of rotatable bonds is 10. The summed E-state index contributed by atoms with van der Waals surface area (Å²) in [5, 5.41) is 32.6. The summed E-state index contributed by atoms with van der Waals surface area (Å²) in [4.78, 5) is 37.1. The second-order valence-corrected chi connectivity index (χ2v) is 9.83. The Morgan fingerprint density at radius 1 is 1.29 bits per heavy atom. The summed E-state index contributed by atoms with van der Waals surface area (Å²) in [5.74, 6) is -2.70. The Balaban J connectivity index is 2.10. The highest BCUT2D eigenvalue weighted by molar-refractivity contribution is 5.96. The zero-order chi connectivity index (χ0) is 26.1. The maximum absolute atomic E-state index is 15.3. The number of fused-ring (bicyclic) bond motifs is 1. The first-order valence-electron chi connectivity index (χ1n) is 11.8. The minimum Gasteiger partial charge on any atom is -0.477 e. The van der Waals surface area contributed by atoms with Crippen LogP contribution in [-0.4, -0.2) is 50.1 Å². The monoisotopic (exact) mass is 492 g/mol. The third-order valence-electron chi connectivity index (χ3n) is 5.95. The minimum atomic E-state index is -1.38. The van der Waals surface area contributed by atoms with Crippen molar-refractivity contribution in [1.29, 1.82) is 0 Å². The molecule has 1 aromatic heterocycles. The lowest BCUT2D eigenvalue weighted by Crippen LogP contribution is -2.29. The quantitative estimate of drug-likeness (QED) is 0.371. The third-order valence-corrected chi connectivity index (χ3v) is 5.95. The van der Waals surface area contributed by atoms with Crippen molar-refractivity contribution in [3.63, 3.8) is 0 Å². The zero-order valence-electron chi connectivity index (χ0n) is 20.5. The molecule has 10 heteroatoms. The molecule has 3 rings (SSSR count). The number of aliphatic hydroxyl groups excluding tert-OH is 2. The highest BCUT2D eigenvalue weighted by atomic mass is 19.1. The van der Waals surface area contributed by atoms with Crippen molar-refractivity contribution in [3.8, 4) is 0 Å². The van der Waals surface area contributed by atoms with E-state index in [9.17, 15) is 29.7 Å². The molecule has 0 bridgehead atoms. The summed E-state index contributed by atoms with van der Waals surface area (Å²) in [7, 11) is 0. The van der Waals surface area contributed by atoms with E-state index in [0.717, 1.165) is 18.9 Å². The molecule has 4 N–H and O–H groups in total. The molecular formula is C25H33FN2O7. The van der Waals surface area contributed by atoms with Gasteiger partial charge >= 0.3 is 11.9 Å². The number of benzene rings is 1. The number of nitrogens with zero attached hydrogens (tertiary/aromatic N) is 1. The van der Waals surface area contributed by atoms with Crippen LogP contribution in [0.15, 0.2) is 10.9 Å². The Bertz CT molecular complexity index is 1200. The van der Waals surface area contributed by atoms with E-state index in [1.165, 1.54) is 0 Å². The van der Waals surface area contributed by atoms with Gasteiger partial charge in [-0.2, -0.15) is 0 Å². The average molecular weight is 493 g/mol. The highest BCUT2D eigenvalue weighted by Gasteiger charge is 2.33. The molecule has 0 spiro atoms. The number of aliphatic hydroxyl groups is 2. The third kappa shape index (κ3) is 5.65. The van der Waals surface area contributed by atoms with Crippen molar-refractivity contribution < 1.29 is 34.0 Å². The molecule has 1 heterocycles. The second-order valence-electron chi connectivity index (χ2n) is 9.83. The molecule has 35 heavy (non-hydrogen) atoms. The van der Waals surface area contributed by atoms with Gasteiger partial charge in [0, 0.05) is 29.8 Å². The Hall–Kier alpha value is -2.98. The first-order chi connectivity index (χ1) is 16.4. The Labute approximate surface area is 202 Å². The lowest BCUT2D eigenvalue weighted by molar-refractivity contribution is -0.155. The van der Waals surface area contributed by atoms with Gasteiger partial charge in [-0.25, -0.2) is 9.18 Å². The molecule has 1 aliphatic carbocycles. The number of carboxylic acids is 1. The fraction of sp³-hybridized carbons (Fsp3) is 0.560. The smallest absolute Gasteiger partial charge is 0.341 e. The van der Waals surface area contributed by atoms with Crippen molar-refractivity contribution in [2.24, 2.45) is 0 Å². The lowest BCUT2D eigenvalue weighted by atomic mass is 10.00. The first kappa shape index (κ1) is 26.6. The fourth-order valence-electron chi connectivity index (χ4n) is 4.37. The largest absolute Gasteiger partial charge is 0.477 e. The molecule has 1 atom stereocenters. The number of esters is 1. The summed E-state index contributed by atoms with van der Waals surface area (Å²) in [6, 6.07) is 0.187. The highest BCUT2D eigenvalue weighted by Crippen LogP contribution is 2.41. The molecule has 9 nitrogen and oxygen atoms in total. The normalized spacial score (nSPS) is 14.7. The Morgan fingerprint density at radius 3 is 2.43 bits per heavy atom. The van der Waals surface area contributed by atoms with E-state index in [1.54, 1.807) is 32.3 Å². The predicted molar refractivity (Wildman–Crippen MR) is 128 cm³/mol. The van der Waals surface area contributed by atoms with Crippen molar-refractivity contribution in [2.45, 2.75) is 84.1 Å². The van der Waals surface area contributed by atoms with E-state index in [-0.39, 0.29) is 53.0 Å². The summed E-state index contributed by atoms with van der Waals surface area (Å²) >= 11 is 0. The van der Waals surface area contributed by atoms with Gasteiger partial charge in [0.05, 0.1) is 29.8 Å². The van der Waals surface area contributed by atoms with E-state index >= 15 is 4.39 Å². The number of carbonyl (C=O) groups is 2. The summed E-state index contributed by atoms with van der Waals surface area (Å²) in [6.07, 6.45) is 1.92. The van der Waals surface area contributed by atoms with Gasteiger partial charge < -0.3 is 29.9 Å². The summed E-state index contributed by atoms with van der Waals surface area (Å²) < 4.78 is 22.3. The SMILES string of the molecule is CCc1c(C(=O)O)c(=O)c2cc(F)c(N[C@H](CO)CCC(=O)OC(C)(C)C)c(CO)c2n1C1CC1. The topological polar surface area (TPSA) is 138 Å². The number of carbonyl (C=O) groups excluding carboxylic acids is 1. The molecule has 0 unspecified atom stereocenters. The number of nitrogens with one attached hydrogen (secondary N) is 1. The van der Waals surface area contributed by atoms with Crippen LogP contribution >= 0.6 is 0 Å². The summed E-state index contributed by atoms with van der Waals surface area (Å²) in [6.45, 7) is 5.92. The number of anilines is 1. The number of ether oxygens (including phenoxy) is 1. The van der Waals surface area contributed by atoms with Crippen LogP contribution in [0.25, 0.3) is 10.9 Å². The van der Waals surface area contributed by atoms with Crippen molar-refractivity contribution in [3.05, 3.63) is 38.9 Å². The molecule has 0 saturated heterocycles. The molecular weight excluding hydrogens is 459 g/mol. The van der Waals surface area contributed by atoms with Crippen LogP contribution in [0.3, 0.4) is 0 Å². The van der Waals surface area contributed by atoms with Crippen LogP contribution < -0.4 is 10.7 Å². The lowest BCUT2D eigenvalue weighted by Gasteiger charge is -2.25. The van der Waals surface area contributed by atoms with Gasteiger partial charge in [-0.3, -0.25) is 9.59 Å². The van der Waals surface area contributed by atoms with Crippen LogP contribution in [0.4, 0.5) is 10.1 Å². The molecule has 1 saturated carbocycles. The Morgan fingerprint density at radius 2 is 1.94 bits per heavy atom. The molecule has 1 fully saturated rings. The zero-order valence-corrected chi connectivity index (χ0v) is 20.5. The van der Waals surface area contributed by atoms with Crippen LogP contribution in [0.5, 0.6) is 0 Å². The van der Waals surface area contributed by atoms with Crippen LogP contribution in [-0.2, 0) is 22.6 Å².